The van der Waals surface area contributed by atoms with Crippen LogP contribution in [0.15, 0.2) is 11.6 Å². The molecule has 170 valence electrons. The van der Waals surface area contributed by atoms with Gasteiger partial charge in [0, 0.05) is 30.3 Å². The van der Waals surface area contributed by atoms with Gasteiger partial charge in [-0.1, -0.05) is 26.7 Å². The van der Waals surface area contributed by atoms with Crippen molar-refractivity contribution in [3.05, 3.63) is 11.6 Å². The molecule has 6 heteroatoms. The maximum atomic E-state index is 12.5. The van der Waals surface area contributed by atoms with E-state index in [1.165, 1.54) is 6.08 Å². The first-order chi connectivity index (χ1) is 14.4. The molecule has 0 radical (unpaired) electrons. The third kappa shape index (κ3) is 3.32. The van der Waals surface area contributed by atoms with Crippen molar-refractivity contribution >= 4 is 11.9 Å². The molecule has 6 unspecified atom stereocenters. The van der Waals surface area contributed by atoms with Crippen molar-refractivity contribution in [2.75, 3.05) is 6.61 Å². The Bertz CT molecular complexity index is 878. The van der Waals surface area contributed by atoms with Crippen LogP contribution in [0.2, 0.25) is 0 Å². The maximum Gasteiger partial charge on any atom is 0.331 e. The van der Waals surface area contributed by atoms with E-state index in [1.807, 2.05) is 13.8 Å². The van der Waals surface area contributed by atoms with Crippen LogP contribution in [-0.4, -0.2) is 46.6 Å². The van der Waals surface area contributed by atoms with Gasteiger partial charge >= 0.3 is 11.9 Å². The van der Waals surface area contributed by atoms with E-state index in [0.717, 1.165) is 12.0 Å². The summed E-state index contributed by atoms with van der Waals surface area (Å²) in [6, 6.07) is 0. The van der Waals surface area contributed by atoms with Crippen molar-refractivity contribution < 1.29 is 29.3 Å². The van der Waals surface area contributed by atoms with E-state index in [1.54, 1.807) is 0 Å². The van der Waals surface area contributed by atoms with Crippen LogP contribution in [0.25, 0.3) is 0 Å². The molecule has 0 aromatic rings. The smallest absolute Gasteiger partial charge is 0.331 e. The Labute approximate surface area is 184 Å². The fourth-order valence-corrected chi connectivity index (χ4v) is 7.05. The Balaban J connectivity index is 1.84. The van der Waals surface area contributed by atoms with Gasteiger partial charge < -0.3 is 19.7 Å². The predicted octanol–water partition coefficient (Wildman–Crippen LogP) is 2.90. The summed E-state index contributed by atoms with van der Waals surface area (Å²) in [6.45, 7) is 8.41. The highest BCUT2D eigenvalue weighted by Crippen LogP contribution is 2.67. The summed E-state index contributed by atoms with van der Waals surface area (Å²) in [4.78, 5) is 24.0. The lowest BCUT2D eigenvalue weighted by Crippen LogP contribution is -2.74. The number of hydrogen-bond donors (Lipinski definition) is 2. The van der Waals surface area contributed by atoms with E-state index >= 15 is 0 Å². The summed E-state index contributed by atoms with van der Waals surface area (Å²) >= 11 is 0. The number of aliphatic hydroxyl groups is 2. The molecule has 6 atom stereocenters. The lowest BCUT2D eigenvalue weighted by molar-refractivity contribution is -0.295. The Morgan fingerprint density at radius 1 is 1.23 bits per heavy atom. The molecule has 2 bridgehead atoms. The molecule has 0 spiro atoms. The molecule has 2 N–H and O–H groups in total. The maximum absolute atomic E-state index is 12.5. The molecule has 0 amide bonds. The van der Waals surface area contributed by atoms with Gasteiger partial charge in [0.05, 0.1) is 23.5 Å². The van der Waals surface area contributed by atoms with Crippen LogP contribution in [0, 0.1) is 34.0 Å². The zero-order valence-electron chi connectivity index (χ0n) is 19.0. The first-order valence-electron chi connectivity index (χ1n) is 11.4. The number of cyclic esters (lactones) is 1. The molecule has 2 aliphatic carbocycles. The lowest BCUT2D eigenvalue weighted by Gasteiger charge is -2.68. The van der Waals surface area contributed by atoms with Crippen LogP contribution in [0.3, 0.4) is 0 Å². The van der Waals surface area contributed by atoms with E-state index in [-0.39, 0.29) is 36.3 Å². The number of aliphatic hydroxyl groups excluding tert-OH is 1. The zero-order valence-corrected chi connectivity index (χ0v) is 19.0. The first-order valence-corrected chi connectivity index (χ1v) is 11.4. The summed E-state index contributed by atoms with van der Waals surface area (Å²) in [5.74, 6) is 5.58. The molecule has 2 saturated carbocycles. The van der Waals surface area contributed by atoms with Crippen molar-refractivity contribution in [2.24, 2.45) is 22.2 Å². The SMILES string of the molecule is CC1(C)CCC(O)C2(C)C1C1CC(C)(C#CCCC(=O)O1)C2(O)CCC1=CC(=O)OC1. The molecule has 2 aliphatic heterocycles. The number of carbonyl (C=O) groups excluding carboxylic acids is 2. The van der Waals surface area contributed by atoms with Crippen molar-refractivity contribution in [2.45, 2.75) is 90.4 Å². The highest BCUT2D eigenvalue weighted by molar-refractivity contribution is 5.85. The van der Waals surface area contributed by atoms with Gasteiger partial charge in [-0.15, -0.1) is 5.92 Å². The Morgan fingerprint density at radius 2 is 1.97 bits per heavy atom. The molecule has 4 aliphatic rings. The van der Waals surface area contributed by atoms with Crippen LogP contribution >= 0.6 is 0 Å². The van der Waals surface area contributed by atoms with E-state index in [0.29, 0.717) is 32.1 Å². The van der Waals surface area contributed by atoms with Gasteiger partial charge in [-0.2, -0.15) is 0 Å². The van der Waals surface area contributed by atoms with Gasteiger partial charge in [-0.25, -0.2) is 4.79 Å². The van der Waals surface area contributed by atoms with Gasteiger partial charge in [0.25, 0.3) is 0 Å². The fraction of sp³-hybridized carbons (Fsp3) is 0.760. The standard InChI is InChI=1S/C25H34O6/c1-22(2)11-9-18(26)24(4)21(22)17-14-23(3,10-6-5-7-19(27)31-17)25(24,29)12-8-16-13-20(28)30-15-16/h13,17-18,21,26,29H,5,7-9,11-12,14-15H2,1-4H3. The monoisotopic (exact) mass is 430 g/mol. The minimum atomic E-state index is -1.34. The molecule has 0 saturated heterocycles. The van der Waals surface area contributed by atoms with Crippen LogP contribution in [0.5, 0.6) is 0 Å². The van der Waals surface area contributed by atoms with Gasteiger partial charge in [0.2, 0.25) is 0 Å². The molecule has 6 nitrogen and oxygen atoms in total. The highest BCUT2D eigenvalue weighted by Gasteiger charge is 2.72. The van der Waals surface area contributed by atoms with Crippen LogP contribution in [0.4, 0.5) is 0 Å². The molecular weight excluding hydrogens is 396 g/mol. The quantitative estimate of drug-likeness (QED) is 0.528. The average Bonchev–Trinajstić information content (AvgIpc) is 3.12. The lowest BCUT2D eigenvalue weighted by atomic mass is 9.39. The van der Waals surface area contributed by atoms with Gasteiger partial charge in [-0.05, 0) is 43.6 Å². The highest BCUT2D eigenvalue weighted by atomic mass is 16.5. The summed E-state index contributed by atoms with van der Waals surface area (Å²) in [6.07, 6.45) is 3.55. The largest absolute Gasteiger partial charge is 0.462 e. The van der Waals surface area contributed by atoms with Crippen LogP contribution in [0.1, 0.15) is 72.6 Å². The van der Waals surface area contributed by atoms with E-state index < -0.39 is 28.6 Å². The molecule has 0 aromatic carbocycles. The van der Waals surface area contributed by atoms with E-state index in [4.69, 9.17) is 9.47 Å². The third-order valence-corrected chi connectivity index (χ3v) is 8.66. The fourth-order valence-electron chi connectivity index (χ4n) is 7.05. The van der Waals surface area contributed by atoms with Crippen molar-refractivity contribution in [3.8, 4) is 11.8 Å². The molecule has 4 rings (SSSR count). The van der Waals surface area contributed by atoms with Crippen LogP contribution < -0.4 is 0 Å². The number of ether oxygens (including phenoxy) is 2. The molecule has 0 aromatic heterocycles. The zero-order chi connectivity index (χ0) is 22.7. The Kier molecular flexibility index (Phi) is 5.30. The molecule has 31 heavy (non-hydrogen) atoms. The first kappa shape index (κ1) is 22.4. The summed E-state index contributed by atoms with van der Waals surface area (Å²) in [5, 5.41) is 23.9. The normalized spacial score (nSPS) is 43.8. The average molecular weight is 431 g/mol. The van der Waals surface area contributed by atoms with Crippen molar-refractivity contribution in [1.82, 2.24) is 0 Å². The number of rotatable bonds is 3. The Morgan fingerprint density at radius 3 is 2.65 bits per heavy atom. The summed E-state index contributed by atoms with van der Waals surface area (Å²) in [5.41, 5.74) is -2.53. The topological polar surface area (TPSA) is 93.1 Å². The predicted molar refractivity (Wildman–Crippen MR) is 113 cm³/mol. The number of fused-ring (bicyclic) bond motifs is 4. The summed E-state index contributed by atoms with van der Waals surface area (Å²) < 4.78 is 11.0. The van der Waals surface area contributed by atoms with Gasteiger partial charge in [-0.3, -0.25) is 4.79 Å². The second-order valence-corrected chi connectivity index (χ2v) is 10.9. The number of hydrogen-bond acceptors (Lipinski definition) is 6. The van der Waals surface area contributed by atoms with Crippen molar-refractivity contribution in [1.29, 1.82) is 0 Å². The number of esters is 2. The third-order valence-electron chi connectivity index (χ3n) is 8.66. The van der Waals surface area contributed by atoms with Gasteiger partial charge in [0.1, 0.15) is 12.7 Å². The molecule has 2 fully saturated rings. The number of carbonyl (C=O) groups is 2. The van der Waals surface area contributed by atoms with Crippen LogP contribution in [-0.2, 0) is 19.1 Å². The minimum Gasteiger partial charge on any atom is -0.462 e. The Hall–Kier alpha value is -1.84. The molecule has 2 heterocycles. The van der Waals surface area contributed by atoms with Crippen molar-refractivity contribution in [3.63, 3.8) is 0 Å². The van der Waals surface area contributed by atoms with Gasteiger partial charge in [0.15, 0.2) is 0 Å². The van der Waals surface area contributed by atoms with E-state index in [2.05, 4.69) is 25.7 Å². The molecular formula is C25H34O6. The second kappa shape index (κ2) is 7.35. The van der Waals surface area contributed by atoms with E-state index in [9.17, 15) is 19.8 Å². The minimum absolute atomic E-state index is 0.221. The second-order valence-electron chi connectivity index (χ2n) is 10.9. The summed E-state index contributed by atoms with van der Waals surface area (Å²) in [7, 11) is 0.